The summed E-state index contributed by atoms with van der Waals surface area (Å²) >= 11 is 3.62. The normalized spacial score (nSPS) is 12.0. The quantitative estimate of drug-likeness (QED) is 0.183. The largest absolute Gasteiger partial charge is 0.292 e. The van der Waals surface area contributed by atoms with E-state index in [1.54, 1.807) is 11.3 Å². The minimum Gasteiger partial charge on any atom is -0.292 e. The Kier molecular flexibility index (Phi) is 6.95. The molecule has 0 aliphatic carbocycles. The van der Waals surface area contributed by atoms with Crippen molar-refractivity contribution in [1.82, 2.24) is 9.55 Å². The highest BCUT2D eigenvalue weighted by Gasteiger charge is 2.25. The molecule has 0 spiro atoms. The third-order valence-corrected chi connectivity index (χ3v) is 12.1. The van der Waals surface area contributed by atoms with Crippen molar-refractivity contribution < 1.29 is 0 Å². The number of aromatic nitrogens is 2. The monoisotopic (exact) mass is 667 g/mol. The van der Waals surface area contributed by atoms with Crippen molar-refractivity contribution in [1.29, 1.82) is 5.26 Å². The Morgan fingerprint density at radius 3 is 2.02 bits per heavy atom. The Labute approximate surface area is 293 Å². The molecule has 0 fully saturated rings. The summed E-state index contributed by atoms with van der Waals surface area (Å²) in [5, 5.41) is 14.4. The first-order chi connectivity index (χ1) is 23.9. The first-order valence-electron chi connectivity index (χ1n) is 16.8. The predicted molar refractivity (Wildman–Crippen MR) is 211 cm³/mol. The van der Waals surface area contributed by atoms with Gasteiger partial charge in [0.05, 0.1) is 28.4 Å². The van der Waals surface area contributed by atoms with E-state index in [1.165, 1.54) is 63.6 Å². The molecule has 3 nitrogen and oxygen atoms in total. The molecular formula is C44H33N3S2. The van der Waals surface area contributed by atoms with Gasteiger partial charge in [-0.05, 0) is 88.7 Å². The van der Waals surface area contributed by atoms with Crippen LogP contribution >= 0.6 is 22.7 Å². The molecule has 0 saturated heterocycles. The fourth-order valence-electron chi connectivity index (χ4n) is 7.36. The lowest BCUT2D eigenvalue weighted by molar-refractivity contribution is 0.812. The van der Waals surface area contributed by atoms with E-state index in [9.17, 15) is 5.26 Å². The first kappa shape index (κ1) is 29.8. The smallest absolute Gasteiger partial charge is 0.147 e. The van der Waals surface area contributed by atoms with Gasteiger partial charge in [0.25, 0.3) is 0 Å². The molecule has 9 aromatic rings. The van der Waals surface area contributed by atoms with Gasteiger partial charge in [0.15, 0.2) is 0 Å². The van der Waals surface area contributed by atoms with Crippen molar-refractivity contribution in [3.63, 3.8) is 0 Å². The van der Waals surface area contributed by atoms with E-state index < -0.39 is 0 Å². The van der Waals surface area contributed by atoms with Gasteiger partial charge in [-0.3, -0.25) is 4.57 Å². The lowest BCUT2D eigenvalue weighted by atomic mass is 9.88. The fourth-order valence-corrected chi connectivity index (χ4v) is 9.76. The van der Waals surface area contributed by atoms with Crippen LogP contribution in [0.5, 0.6) is 0 Å². The topological polar surface area (TPSA) is 41.6 Å². The standard InChI is InChI=1S/C44H33N3S2/c1-25(2)33-20-29(28-11-6-5-7-12-28)21-34(26(3)4)42(33)47-38-16-9-8-15-37(38)46-44(47)32-14-10-13-31-36-23-40-35(22-41(36)49-43(31)32)30-18-17-27(24-45)19-39(30)48-40/h5-23,25-26H,1-4H3. The fraction of sp³-hybridized carbons (Fsp3) is 0.136. The summed E-state index contributed by atoms with van der Waals surface area (Å²) in [6.07, 6.45) is 0. The second kappa shape index (κ2) is 11.4. The predicted octanol–water partition coefficient (Wildman–Crippen LogP) is 13.2. The summed E-state index contributed by atoms with van der Waals surface area (Å²) in [7, 11) is 0. The van der Waals surface area contributed by atoms with Gasteiger partial charge in [-0.25, -0.2) is 4.98 Å². The molecule has 9 rings (SSSR count). The summed E-state index contributed by atoms with van der Waals surface area (Å²) in [6, 6.07) is 43.8. The second-order valence-electron chi connectivity index (χ2n) is 13.5. The average molecular weight is 668 g/mol. The molecule has 0 bridgehead atoms. The number of nitriles is 1. The maximum atomic E-state index is 9.46. The molecular weight excluding hydrogens is 635 g/mol. The molecule has 0 N–H and O–H groups in total. The maximum absolute atomic E-state index is 9.46. The summed E-state index contributed by atoms with van der Waals surface area (Å²) in [5.41, 5.74) is 10.4. The van der Waals surface area contributed by atoms with Crippen LogP contribution in [0.25, 0.3) is 79.6 Å². The van der Waals surface area contributed by atoms with Crippen molar-refractivity contribution in [2.45, 2.75) is 39.5 Å². The minimum atomic E-state index is 0.303. The minimum absolute atomic E-state index is 0.303. The van der Waals surface area contributed by atoms with Gasteiger partial charge < -0.3 is 0 Å². The van der Waals surface area contributed by atoms with Crippen LogP contribution in [0.1, 0.15) is 56.2 Å². The third-order valence-electron chi connectivity index (χ3n) is 9.77. The highest BCUT2D eigenvalue weighted by atomic mass is 32.1. The number of nitrogens with zero attached hydrogens (tertiary/aromatic N) is 3. The number of rotatable bonds is 5. The molecule has 5 heteroatoms. The van der Waals surface area contributed by atoms with Crippen LogP contribution in [0, 0.1) is 11.3 Å². The first-order valence-corrected chi connectivity index (χ1v) is 18.5. The molecule has 3 aromatic heterocycles. The van der Waals surface area contributed by atoms with E-state index in [4.69, 9.17) is 4.98 Å². The average Bonchev–Trinajstić information content (AvgIpc) is 3.80. The van der Waals surface area contributed by atoms with Gasteiger partial charge in [0.2, 0.25) is 0 Å². The van der Waals surface area contributed by atoms with Crippen LogP contribution in [0.4, 0.5) is 0 Å². The molecule has 0 radical (unpaired) electrons. The Hall–Kier alpha value is -5.28. The highest BCUT2D eigenvalue weighted by Crippen LogP contribution is 2.46. The third kappa shape index (κ3) is 4.70. The van der Waals surface area contributed by atoms with Crippen molar-refractivity contribution in [2.75, 3.05) is 0 Å². The molecule has 0 aliphatic heterocycles. The number of fused-ring (bicyclic) bond motifs is 7. The lowest BCUT2D eigenvalue weighted by Gasteiger charge is -2.24. The summed E-state index contributed by atoms with van der Waals surface area (Å²) in [6.45, 7) is 9.22. The molecule has 0 atom stereocenters. The summed E-state index contributed by atoms with van der Waals surface area (Å²) in [5.74, 6) is 1.58. The van der Waals surface area contributed by atoms with Gasteiger partial charge >= 0.3 is 0 Å². The molecule has 236 valence electrons. The zero-order valence-electron chi connectivity index (χ0n) is 27.8. The van der Waals surface area contributed by atoms with E-state index in [2.05, 4.69) is 141 Å². The van der Waals surface area contributed by atoms with E-state index in [0.29, 0.717) is 17.4 Å². The Morgan fingerprint density at radius 1 is 0.612 bits per heavy atom. The molecule has 0 unspecified atom stereocenters. The van der Waals surface area contributed by atoms with Gasteiger partial charge in [0.1, 0.15) is 5.82 Å². The summed E-state index contributed by atoms with van der Waals surface area (Å²) < 4.78 is 7.37. The molecule has 49 heavy (non-hydrogen) atoms. The summed E-state index contributed by atoms with van der Waals surface area (Å²) in [4.78, 5) is 5.41. The van der Waals surface area contributed by atoms with E-state index >= 15 is 0 Å². The van der Waals surface area contributed by atoms with E-state index in [1.807, 2.05) is 23.5 Å². The van der Waals surface area contributed by atoms with Crippen molar-refractivity contribution in [3.05, 3.63) is 132 Å². The number of hydrogen-bond acceptors (Lipinski definition) is 4. The van der Waals surface area contributed by atoms with Crippen LogP contribution in [0.3, 0.4) is 0 Å². The van der Waals surface area contributed by atoms with Crippen LogP contribution in [0.2, 0.25) is 0 Å². The molecule has 6 aromatic carbocycles. The van der Waals surface area contributed by atoms with Crippen molar-refractivity contribution >= 4 is 74.1 Å². The number of imidazole rings is 1. The molecule has 0 saturated carbocycles. The Bertz CT molecular complexity index is 2760. The Morgan fingerprint density at radius 2 is 1.29 bits per heavy atom. The van der Waals surface area contributed by atoms with Gasteiger partial charge in [0, 0.05) is 45.9 Å². The molecule has 3 heterocycles. The maximum Gasteiger partial charge on any atom is 0.147 e. The van der Waals surface area contributed by atoms with Gasteiger partial charge in [-0.2, -0.15) is 5.26 Å². The van der Waals surface area contributed by atoms with Crippen LogP contribution in [-0.4, -0.2) is 9.55 Å². The highest BCUT2D eigenvalue weighted by molar-refractivity contribution is 7.27. The van der Waals surface area contributed by atoms with Crippen molar-refractivity contribution in [3.8, 4) is 34.3 Å². The second-order valence-corrected chi connectivity index (χ2v) is 15.6. The number of para-hydroxylation sites is 2. The zero-order valence-corrected chi connectivity index (χ0v) is 29.4. The van der Waals surface area contributed by atoms with Crippen LogP contribution in [0.15, 0.2) is 115 Å². The SMILES string of the molecule is CC(C)c1cc(-c2ccccc2)cc(C(C)C)c1-n1c(-c2cccc3c2sc2cc4c(cc23)sc2cc(C#N)ccc24)nc2ccccc21. The number of thiophene rings is 2. The lowest BCUT2D eigenvalue weighted by Crippen LogP contribution is -2.09. The van der Waals surface area contributed by atoms with E-state index in [0.717, 1.165) is 27.1 Å². The molecule has 0 amide bonds. The van der Waals surface area contributed by atoms with Gasteiger partial charge in [-0.1, -0.05) is 88.4 Å². The molecule has 0 aliphatic rings. The Balaban J connectivity index is 1.33. The van der Waals surface area contributed by atoms with Crippen molar-refractivity contribution in [2.24, 2.45) is 0 Å². The van der Waals surface area contributed by atoms with Gasteiger partial charge in [-0.15, -0.1) is 22.7 Å². The van der Waals surface area contributed by atoms with E-state index in [-0.39, 0.29) is 0 Å². The number of benzene rings is 6. The zero-order chi connectivity index (χ0) is 33.4. The van der Waals surface area contributed by atoms with Crippen LogP contribution in [-0.2, 0) is 0 Å². The number of hydrogen-bond donors (Lipinski definition) is 0. The van der Waals surface area contributed by atoms with Crippen LogP contribution < -0.4 is 0 Å².